The van der Waals surface area contributed by atoms with E-state index in [0.29, 0.717) is 33.5 Å². The summed E-state index contributed by atoms with van der Waals surface area (Å²) in [5, 5.41) is 17.9. The second-order valence-corrected chi connectivity index (χ2v) is 6.81. The van der Waals surface area contributed by atoms with Crippen LogP contribution in [0.1, 0.15) is 5.56 Å². The van der Waals surface area contributed by atoms with Crippen LogP contribution in [0.5, 0.6) is 11.5 Å². The maximum atomic E-state index is 12.1. The Morgan fingerprint density at radius 3 is 2.56 bits per heavy atom. The molecule has 0 saturated carbocycles. The molecule has 0 aliphatic heterocycles. The third-order valence-corrected chi connectivity index (χ3v) is 4.51. The van der Waals surface area contributed by atoms with Gasteiger partial charge in [-0.1, -0.05) is 23.7 Å². The number of amides is 1. The van der Waals surface area contributed by atoms with Crippen molar-refractivity contribution in [3.05, 3.63) is 87.4 Å². The summed E-state index contributed by atoms with van der Waals surface area (Å²) in [5.41, 5.74) is 4.60. The van der Waals surface area contributed by atoms with Gasteiger partial charge in [-0.2, -0.15) is 5.10 Å². The van der Waals surface area contributed by atoms with E-state index in [9.17, 15) is 14.9 Å². The summed E-state index contributed by atoms with van der Waals surface area (Å²) in [6.07, 6.45) is 1.55. The van der Waals surface area contributed by atoms with Gasteiger partial charge < -0.3 is 14.8 Å². The largest absolute Gasteiger partial charge is 0.493 e. The van der Waals surface area contributed by atoms with Crippen molar-refractivity contribution in [1.29, 1.82) is 0 Å². The van der Waals surface area contributed by atoms with E-state index in [1.54, 1.807) is 60.8 Å². The monoisotopic (exact) mass is 454 g/mol. The van der Waals surface area contributed by atoms with Crippen molar-refractivity contribution in [2.75, 3.05) is 24.5 Å². The smallest absolute Gasteiger partial charge is 0.269 e. The van der Waals surface area contributed by atoms with Crippen molar-refractivity contribution in [3.63, 3.8) is 0 Å². The number of halogens is 1. The van der Waals surface area contributed by atoms with Crippen molar-refractivity contribution < 1.29 is 19.2 Å². The topological polar surface area (TPSA) is 115 Å². The number of nitro groups is 1. The highest BCUT2D eigenvalue weighted by Gasteiger charge is 2.10. The first-order chi connectivity index (χ1) is 15.5. The van der Waals surface area contributed by atoms with Gasteiger partial charge >= 0.3 is 0 Å². The van der Waals surface area contributed by atoms with Crippen molar-refractivity contribution >= 4 is 40.8 Å². The molecule has 3 aromatic rings. The molecule has 32 heavy (non-hydrogen) atoms. The number of methoxy groups -OCH3 is 1. The minimum absolute atomic E-state index is 0.000373. The average molecular weight is 455 g/mol. The summed E-state index contributed by atoms with van der Waals surface area (Å²) in [4.78, 5) is 22.4. The molecule has 0 heterocycles. The number of carbonyl (C=O) groups is 1. The van der Waals surface area contributed by atoms with Crippen LogP contribution in [-0.2, 0) is 4.79 Å². The summed E-state index contributed by atoms with van der Waals surface area (Å²) in [5.74, 6) is 0.454. The number of hydrogen-bond acceptors (Lipinski definition) is 7. The summed E-state index contributed by atoms with van der Waals surface area (Å²) >= 11 is 6.03. The number of rotatable bonds is 9. The van der Waals surface area contributed by atoms with Crippen LogP contribution in [-0.4, -0.2) is 30.8 Å². The van der Waals surface area contributed by atoms with Crippen LogP contribution < -0.4 is 20.2 Å². The molecule has 0 unspecified atom stereocenters. The number of para-hydroxylation sites is 1. The summed E-state index contributed by atoms with van der Waals surface area (Å²) in [7, 11) is 1.49. The van der Waals surface area contributed by atoms with Gasteiger partial charge in [0.2, 0.25) is 0 Å². The van der Waals surface area contributed by atoms with Crippen LogP contribution in [0, 0.1) is 10.1 Å². The lowest BCUT2D eigenvalue weighted by molar-refractivity contribution is -0.384. The van der Waals surface area contributed by atoms with E-state index in [4.69, 9.17) is 21.1 Å². The average Bonchev–Trinajstić information content (AvgIpc) is 2.80. The number of non-ortho nitro benzene ring substituents is 1. The summed E-state index contributed by atoms with van der Waals surface area (Å²) in [6, 6.07) is 17.9. The van der Waals surface area contributed by atoms with E-state index in [1.165, 1.54) is 19.2 Å². The van der Waals surface area contributed by atoms with E-state index < -0.39 is 4.92 Å². The molecule has 10 heteroatoms. The summed E-state index contributed by atoms with van der Waals surface area (Å²) < 4.78 is 10.9. The van der Waals surface area contributed by atoms with E-state index in [0.717, 1.165) is 0 Å². The minimum Gasteiger partial charge on any atom is -0.493 e. The van der Waals surface area contributed by atoms with E-state index in [1.807, 2.05) is 0 Å². The SMILES string of the molecule is COc1cc(/C=N/Nc2ccc([N+](=O)[O-])cc2)ccc1OCC(=O)Nc1ccccc1Cl. The molecular weight excluding hydrogens is 436 g/mol. The number of ether oxygens (including phenoxy) is 2. The van der Waals surface area contributed by atoms with Crippen molar-refractivity contribution in [1.82, 2.24) is 0 Å². The molecule has 1 amide bonds. The third-order valence-electron chi connectivity index (χ3n) is 4.18. The van der Waals surface area contributed by atoms with Gasteiger partial charge in [-0.25, -0.2) is 0 Å². The molecule has 0 aromatic heterocycles. The van der Waals surface area contributed by atoms with E-state index in [2.05, 4.69) is 15.8 Å². The normalized spacial score (nSPS) is 10.6. The number of hydrazone groups is 1. The lowest BCUT2D eigenvalue weighted by Crippen LogP contribution is -2.20. The van der Waals surface area contributed by atoms with E-state index >= 15 is 0 Å². The van der Waals surface area contributed by atoms with Crippen LogP contribution in [0.25, 0.3) is 0 Å². The molecule has 0 bridgehead atoms. The zero-order valence-electron chi connectivity index (χ0n) is 16.9. The number of hydrogen-bond donors (Lipinski definition) is 2. The second-order valence-electron chi connectivity index (χ2n) is 6.40. The first-order valence-electron chi connectivity index (χ1n) is 9.35. The highest BCUT2D eigenvalue weighted by atomic mass is 35.5. The molecule has 0 atom stereocenters. The van der Waals surface area contributed by atoms with Gasteiger partial charge in [0, 0.05) is 12.1 Å². The van der Waals surface area contributed by atoms with Gasteiger partial charge in [-0.15, -0.1) is 0 Å². The predicted octanol–water partition coefficient (Wildman–Crippen LogP) is 4.72. The fourth-order valence-electron chi connectivity index (χ4n) is 2.61. The van der Waals surface area contributed by atoms with Crippen LogP contribution in [0.15, 0.2) is 71.8 Å². The number of carbonyl (C=O) groups excluding carboxylic acids is 1. The fraction of sp³-hybridized carbons (Fsp3) is 0.0909. The van der Waals surface area contributed by atoms with Gasteiger partial charge in [0.15, 0.2) is 18.1 Å². The van der Waals surface area contributed by atoms with Gasteiger partial charge in [0.05, 0.1) is 34.6 Å². The number of nitrogens with one attached hydrogen (secondary N) is 2. The Morgan fingerprint density at radius 1 is 1.12 bits per heavy atom. The lowest BCUT2D eigenvalue weighted by atomic mass is 10.2. The highest BCUT2D eigenvalue weighted by molar-refractivity contribution is 6.33. The Kier molecular flexibility index (Phi) is 7.60. The first-order valence-corrected chi connectivity index (χ1v) is 9.73. The molecule has 3 rings (SSSR count). The van der Waals surface area contributed by atoms with Gasteiger partial charge in [0.25, 0.3) is 11.6 Å². The van der Waals surface area contributed by atoms with Crippen LogP contribution in [0.3, 0.4) is 0 Å². The Bertz CT molecular complexity index is 1140. The quantitative estimate of drug-likeness (QED) is 0.274. The van der Waals surface area contributed by atoms with Crippen LogP contribution in [0.4, 0.5) is 17.1 Å². The Morgan fingerprint density at radius 2 is 1.88 bits per heavy atom. The Hall–Kier alpha value is -4.11. The van der Waals surface area contributed by atoms with Crippen LogP contribution in [0.2, 0.25) is 5.02 Å². The number of benzene rings is 3. The van der Waals surface area contributed by atoms with Crippen molar-refractivity contribution in [2.24, 2.45) is 5.10 Å². The molecule has 9 nitrogen and oxygen atoms in total. The fourth-order valence-corrected chi connectivity index (χ4v) is 2.80. The third kappa shape index (κ3) is 6.19. The maximum Gasteiger partial charge on any atom is 0.269 e. The zero-order chi connectivity index (χ0) is 22.9. The first kappa shape index (κ1) is 22.6. The molecule has 0 fully saturated rings. The van der Waals surface area contributed by atoms with Gasteiger partial charge in [0.1, 0.15) is 0 Å². The molecular formula is C22H19ClN4O5. The van der Waals surface area contributed by atoms with Gasteiger partial charge in [-0.3, -0.25) is 20.3 Å². The molecule has 0 saturated heterocycles. The van der Waals surface area contributed by atoms with Crippen molar-refractivity contribution in [2.45, 2.75) is 0 Å². The molecule has 0 aliphatic rings. The number of nitrogens with zero attached hydrogens (tertiary/aromatic N) is 2. The van der Waals surface area contributed by atoms with E-state index in [-0.39, 0.29) is 18.2 Å². The highest BCUT2D eigenvalue weighted by Crippen LogP contribution is 2.28. The zero-order valence-corrected chi connectivity index (χ0v) is 17.7. The maximum absolute atomic E-state index is 12.1. The van der Waals surface area contributed by atoms with Crippen molar-refractivity contribution in [3.8, 4) is 11.5 Å². The molecule has 164 valence electrons. The summed E-state index contributed by atoms with van der Waals surface area (Å²) in [6.45, 7) is -0.225. The number of nitro benzene ring substituents is 1. The van der Waals surface area contributed by atoms with Gasteiger partial charge in [-0.05, 0) is 48.0 Å². The molecule has 2 N–H and O–H groups in total. The standard InChI is InChI=1S/C22H19ClN4O5/c1-31-21-12-15(13-24-26-16-7-9-17(10-8-16)27(29)30)6-11-20(21)32-14-22(28)25-19-5-3-2-4-18(19)23/h2-13,26H,14H2,1H3,(H,25,28)/b24-13+. The predicted molar refractivity (Wildman–Crippen MR) is 123 cm³/mol. The Balaban J connectivity index is 1.57. The molecule has 0 aliphatic carbocycles. The molecule has 3 aromatic carbocycles. The number of anilines is 2. The van der Waals surface area contributed by atoms with Crippen LogP contribution >= 0.6 is 11.6 Å². The molecule has 0 radical (unpaired) electrons. The Labute approximate surface area is 188 Å². The lowest BCUT2D eigenvalue weighted by Gasteiger charge is -2.12. The molecule has 0 spiro atoms. The minimum atomic E-state index is -0.469. The second kappa shape index (κ2) is 10.8.